The van der Waals surface area contributed by atoms with Crippen LogP contribution in [0.15, 0.2) is 0 Å². The molecule has 16 nitrogen and oxygen atoms in total. The zero-order chi connectivity index (χ0) is 62.8. The minimum absolute atomic E-state index is 0.0258. The Morgan fingerprint density at radius 2 is 0.529 bits per heavy atom. The van der Waals surface area contributed by atoms with E-state index in [1.807, 2.05) is 41.9 Å². The summed E-state index contributed by atoms with van der Waals surface area (Å²) in [5, 5.41) is 0. The summed E-state index contributed by atoms with van der Waals surface area (Å²) in [6.07, 6.45) is 31.5. The van der Waals surface area contributed by atoms with Crippen molar-refractivity contribution in [1.29, 1.82) is 0 Å². The maximum absolute atomic E-state index is 12.7. The first-order valence-corrected chi connectivity index (χ1v) is 37.1. The molecule has 500 valence electrons. The number of hydrogen-bond acceptors (Lipinski definition) is 19. The van der Waals surface area contributed by atoms with E-state index >= 15 is 0 Å². The van der Waals surface area contributed by atoms with Gasteiger partial charge in [-0.3, -0.25) is 33.7 Å². The summed E-state index contributed by atoms with van der Waals surface area (Å²) >= 11 is 5.39. The summed E-state index contributed by atoms with van der Waals surface area (Å²) in [5.74, 6) is 2.87. The molecule has 0 aromatic heterocycles. The number of hydrogen-bond donors (Lipinski definition) is 0. The standard InChI is InChI=1S/C66H126N4O12S3/c1-10-13-16-19-22-25-28-31-52-83-55-58(4)64(74)80-49-46-77-61(71)34-37-67(7)40-43-70(44-41-68(8)38-35-62(72)78-47-50-81-65(75)59(5)56-84-53-32-29-26-23-20-17-14-11-2)45-42-69(9)39-36-63(73)79-48-51-82-66(76)60(6)57-85-54-33-30-27-24-21-18-15-12-3/h58-60H,10-57H2,1-9H3. The molecule has 0 bridgehead atoms. The molecule has 85 heavy (non-hydrogen) atoms. The Balaban J connectivity index is 4.85. The largest absolute Gasteiger partial charge is 0.462 e. The van der Waals surface area contributed by atoms with Crippen LogP contribution in [0.2, 0.25) is 0 Å². The molecule has 0 aliphatic rings. The molecule has 0 rings (SSSR count). The number of carbonyl (C=O) groups excluding carboxylic acids is 6. The van der Waals surface area contributed by atoms with Crippen molar-refractivity contribution >= 4 is 71.1 Å². The third kappa shape index (κ3) is 55.5. The van der Waals surface area contributed by atoms with Gasteiger partial charge < -0.3 is 43.1 Å². The highest BCUT2D eigenvalue weighted by molar-refractivity contribution is 7.99. The predicted octanol–water partition coefficient (Wildman–Crippen LogP) is 13.0. The second kappa shape index (κ2) is 60.6. The van der Waals surface area contributed by atoms with Gasteiger partial charge in [0.2, 0.25) is 0 Å². The molecule has 0 amide bonds. The number of esters is 6. The van der Waals surface area contributed by atoms with E-state index in [1.165, 1.54) is 154 Å². The molecule has 3 atom stereocenters. The molecule has 19 heteroatoms. The lowest BCUT2D eigenvalue weighted by Crippen LogP contribution is -2.42. The average Bonchev–Trinajstić information content (AvgIpc) is 3.51. The highest BCUT2D eigenvalue weighted by Gasteiger charge is 2.19. The van der Waals surface area contributed by atoms with E-state index in [9.17, 15) is 28.8 Å². The number of nitrogens with zero attached hydrogens (tertiary/aromatic N) is 4. The number of ether oxygens (including phenoxy) is 6. The van der Waals surface area contributed by atoms with Gasteiger partial charge >= 0.3 is 35.8 Å². The van der Waals surface area contributed by atoms with Crippen LogP contribution in [0.25, 0.3) is 0 Å². The fourth-order valence-corrected chi connectivity index (χ4v) is 12.2. The van der Waals surface area contributed by atoms with Gasteiger partial charge in [0.25, 0.3) is 0 Å². The Labute approximate surface area is 532 Å². The maximum atomic E-state index is 12.7. The molecule has 0 heterocycles. The summed E-state index contributed by atoms with van der Waals surface area (Å²) in [7, 11) is 5.91. The summed E-state index contributed by atoms with van der Waals surface area (Å²) in [6, 6.07) is 0. The van der Waals surface area contributed by atoms with Crippen molar-refractivity contribution in [3.8, 4) is 0 Å². The van der Waals surface area contributed by atoms with Gasteiger partial charge in [0.1, 0.15) is 39.6 Å². The van der Waals surface area contributed by atoms with Crippen molar-refractivity contribution in [3.63, 3.8) is 0 Å². The Morgan fingerprint density at radius 1 is 0.306 bits per heavy atom. The van der Waals surface area contributed by atoms with Crippen molar-refractivity contribution < 1.29 is 57.2 Å². The number of likely N-dealkylation sites (N-methyl/N-ethyl adjacent to an activating group) is 3. The van der Waals surface area contributed by atoms with E-state index in [1.54, 1.807) is 35.3 Å². The first kappa shape index (κ1) is 82.7. The summed E-state index contributed by atoms with van der Waals surface area (Å²) < 4.78 is 32.4. The SMILES string of the molecule is CCCCCCCCCCSCC(C)C(=O)OCCOC(=O)CCN(C)CCN(CCN(C)CCC(=O)OCCOC(=O)C(C)CSCCCCCCCCCC)CCN(C)CCC(=O)OCCOC(=O)C(C)CSCCCCCCCCCC. The molecule has 0 N–H and O–H groups in total. The predicted molar refractivity (Wildman–Crippen MR) is 356 cm³/mol. The minimum Gasteiger partial charge on any atom is -0.462 e. The van der Waals surface area contributed by atoms with Crippen LogP contribution in [0.3, 0.4) is 0 Å². The Morgan fingerprint density at radius 3 is 0.776 bits per heavy atom. The van der Waals surface area contributed by atoms with E-state index in [0.717, 1.165) is 34.5 Å². The van der Waals surface area contributed by atoms with Gasteiger partial charge in [-0.2, -0.15) is 35.3 Å². The summed E-state index contributed by atoms with van der Waals surface area (Å²) in [5.41, 5.74) is 0. The minimum atomic E-state index is -0.344. The molecular weight excluding hydrogens is 1140 g/mol. The van der Waals surface area contributed by atoms with Gasteiger partial charge in [-0.15, -0.1) is 0 Å². The van der Waals surface area contributed by atoms with E-state index in [4.69, 9.17) is 28.4 Å². The van der Waals surface area contributed by atoms with Crippen molar-refractivity contribution in [2.45, 2.75) is 215 Å². The number of carbonyl (C=O) groups is 6. The summed E-state index contributed by atoms with van der Waals surface area (Å²) in [4.78, 5) is 84.2. The van der Waals surface area contributed by atoms with Gasteiger partial charge in [0.05, 0.1) is 37.0 Å². The third-order valence-corrected chi connectivity index (χ3v) is 18.9. The number of rotatable bonds is 63. The molecule has 0 saturated carbocycles. The smallest absolute Gasteiger partial charge is 0.309 e. The van der Waals surface area contributed by atoms with E-state index in [2.05, 4.69) is 40.4 Å². The summed E-state index contributed by atoms with van der Waals surface area (Å²) in [6.45, 7) is 18.3. The first-order valence-electron chi connectivity index (χ1n) is 33.6. The Kier molecular flexibility index (Phi) is 59.0. The van der Waals surface area contributed by atoms with Gasteiger partial charge in [-0.1, -0.05) is 176 Å². The fraction of sp³-hybridized carbons (Fsp3) is 0.909. The van der Waals surface area contributed by atoms with Gasteiger partial charge in [0, 0.05) is 76.2 Å². The first-order chi connectivity index (χ1) is 41.1. The lowest BCUT2D eigenvalue weighted by Gasteiger charge is -2.29. The molecule has 0 aliphatic heterocycles. The van der Waals surface area contributed by atoms with Crippen LogP contribution in [0, 0.1) is 17.8 Å². The third-order valence-electron chi connectivity index (χ3n) is 15.0. The molecule has 0 fully saturated rings. The van der Waals surface area contributed by atoms with Gasteiger partial charge in [-0.25, -0.2) is 0 Å². The van der Waals surface area contributed by atoms with E-state index in [-0.39, 0.29) is 112 Å². The molecule has 3 unspecified atom stereocenters. The molecule has 0 radical (unpaired) electrons. The van der Waals surface area contributed by atoms with Crippen molar-refractivity contribution in [2.24, 2.45) is 17.8 Å². The highest BCUT2D eigenvalue weighted by Crippen LogP contribution is 2.18. The lowest BCUT2D eigenvalue weighted by molar-refractivity contribution is -0.154. The number of thioether (sulfide) groups is 3. The molecule has 0 saturated heterocycles. The van der Waals surface area contributed by atoms with Crippen molar-refractivity contribution in [3.05, 3.63) is 0 Å². The molecule has 0 spiro atoms. The molecule has 0 aliphatic carbocycles. The van der Waals surface area contributed by atoms with Crippen LogP contribution in [0.1, 0.15) is 215 Å². The molecule has 0 aromatic rings. The van der Waals surface area contributed by atoms with Crippen molar-refractivity contribution in [1.82, 2.24) is 19.6 Å². The Hall–Kier alpha value is -2.29. The zero-order valence-corrected chi connectivity index (χ0v) is 58.0. The van der Waals surface area contributed by atoms with Crippen LogP contribution < -0.4 is 0 Å². The van der Waals surface area contributed by atoms with Crippen LogP contribution >= 0.6 is 35.3 Å². The van der Waals surface area contributed by atoms with Crippen LogP contribution in [0.4, 0.5) is 0 Å². The zero-order valence-electron chi connectivity index (χ0n) is 55.6. The van der Waals surface area contributed by atoms with Crippen LogP contribution in [-0.4, -0.2) is 210 Å². The quantitative estimate of drug-likeness (QED) is 0.0320. The highest BCUT2D eigenvalue weighted by atomic mass is 32.2. The van der Waals surface area contributed by atoms with E-state index in [0.29, 0.717) is 58.9 Å². The fourth-order valence-electron chi connectivity index (χ4n) is 8.99. The molecule has 0 aromatic carbocycles. The van der Waals surface area contributed by atoms with Crippen molar-refractivity contribution in [2.75, 3.05) is 154 Å². The monoisotopic (exact) mass is 1260 g/mol. The molecular formula is C66H126N4O12S3. The Bertz CT molecular complexity index is 1440. The second-order valence-electron chi connectivity index (χ2n) is 23.5. The topological polar surface area (TPSA) is 171 Å². The van der Waals surface area contributed by atoms with Crippen LogP contribution in [0.5, 0.6) is 0 Å². The van der Waals surface area contributed by atoms with Gasteiger partial charge in [-0.05, 0) is 57.7 Å². The number of unbranched alkanes of at least 4 members (excludes halogenated alkanes) is 21. The van der Waals surface area contributed by atoms with E-state index < -0.39 is 0 Å². The lowest BCUT2D eigenvalue weighted by atomic mass is 10.1. The average molecular weight is 1260 g/mol. The second-order valence-corrected chi connectivity index (χ2v) is 27.0. The van der Waals surface area contributed by atoms with Crippen LogP contribution in [-0.2, 0) is 57.2 Å². The normalized spacial score (nSPS) is 12.7. The van der Waals surface area contributed by atoms with Gasteiger partial charge in [0.15, 0.2) is 0 Å². The maximum Gasteiger partial charge on any atom is 0.309 e.